The van der Waals surface area contributed by atoms with Crippen LogP contribution in [0.5, 0.6) is 5.75 Å². The first-order valence-electron chi connectivity index (χ1n) is 8.48. The van der Waals surface area contributed by atoms with Crippen molar-refractivity contribution in [2.45, 2.75) is 45.2 Å². The summed E-state index contributed by atoms with van der Waals surface area (Å²) in [6.07, 6.45) is 4.19. The van der Waals surface area contributed by atoms with Crippen LogP contribution in [-0.2, 0) is 11.3 Å². The summed E-state index contributed by atoms with van der Waals surface area (Å²) in [4.78, 5) is 28.0. The number of hydrogen-bond donors (Lipinski definition) is 0. The first-order valence-corrected chi connectivity index (χ1v) is 8.48. The number of imide groups is 1. The average molecular weight is 314 g/mol. The van der Waals surface area contributed by atoms with Crippen LogP contribution in [0.4, 0.5) is 4.79 Å². The number of carbonyl (C=O) groups excluding carboxylic acids is 2. The highest BCUT2D eigenvalue weighted by atomic mass is 16.5. The van der Waals surface area contributed by atoms with Crippen molar-refractivity contribution in [3.05, 3.63) is 29.3 Å². The maximum absolute atomic E-state index is 12.5. The summed E-state index contributed by atoms with van der Waals surface area (Å²) >= 11 is 0. The molecule has 5 heteroatoms. The third-order valence-electron chi connectivity index (χ3n) is 5.00. The number of hydrogen-bond acceptors (Lipinski definition) is 3. The summed E-state index contributed by atoms with van der Waals surface area (Å²) in [7, 11) is 0. The molecule has 122 valence electrons. The summed E-state index contributed by atoms with van der Waals surface area (Å²) in [5, 5.41) is 0. The van der Waals surface area contributed by atoms with Gasteiger partial charge < -0.3 is 9.64 Å². The van der Waals surface area contributed by atoms with E-state index in [1.807, 2.05) is 25.1 Å². The van der Waals surface area contributed by atoms with E-state index < -0.39 is 0 Å². The molecule has 3 fully saturated rings. The van der Waals surface area contributed by atoms with Gasteiger partial charge in [0.05, 0.1) is 13.2 Å². The first-order chi connectivity index (χ1) is 11.1. The highest BCUT2D eigenvalue weighted by Crippen LogP contribution is 2.33. The van der Waals surface area contributed by atoms with E-state index in [9.17, 15) is 9.59 Å². The lowest BCUT2D eigenvalue weighted by atomic mass is 10.1. The smallest absolute Gasteiger partial charge is 0.327 e. The Bertz CT molecular complexity index is 632. The summed E-state index contributed by atoms with van der Waals surface area (Å²) in [6.45, 7) is 3.76. The predicted molar refractivity (Wildman–Crippen MR) is 85.1 cm³/mol. The number of fused-ring (bicyclic) bond motifs is 1. The average Bonchev–Trinajstić information content (AvgIpc) is 3.19. The summed E-state index contributed by atoms with van der Waals surface area (Å²) < 4.78 is 5.95. The van der Waals surface area contributed by atoms with Gasteiger partial charge in [-0.1, -0.05) is 12.1 Å². The molecule has 3 amide bonds. The number of ether oxygens (including phenoxy) is 1. The van der Waals surface area contributed by atoms with Gasteiger partial charge in [0, 0.05) is 12.1 Å². The molecule has 3 aliphatic rings. The molecule has 0 radical (unpaired) electrons. The molecule has 1 aromatic rings. The van der Waals surface area contributed by atoms with Crippen molar-refractivity contribution in [2.24, 2.45) is 5.92 Å². The molecule has 1 aliphatic carbocycles. The summed E-state index contributed by atoms with van der Waals surface area (Å²) in [5.41, 5.74) is 2.04. The lowest BCUT2D eigenvalue weighted by Crippen LogP contribution is -2.32. The zero-order valence-corrected chi connectivity index (χ0v) is 13.5. The maximum Gasteiger partial charge on any atom is 0.327 e. The van der Waals surface area contributed by atoms with E-state index in [1.165, 1.54) is 17.7 Å². The molecule has 2 heterocycles. The molecule has 0 aromatic heterocycles. The fourth-order valence-corrected chi connectivity index (χ4v) is 3.42. The monoisotopic (exact) mass is 314 g/mol. The van der Waals surface area contributed by atoms with E-state index >= 15 is 0 Å². The topological polar surface area (TPSA) is 49.9 Å². The molecule has 1 saturated carbocycles. The largest absolute Gasteiger partial charge is 0.493 e. The fraction of sp³-hybridized carbons (Fsp3) is 0.556. The molecule has 1 unspecified atom stereocenters. The Balaban J connectivity index is 1.53. The summed E-state index contributed by atoms with van der Waals surface area (Å²) in [6, 6.07) is 5.60. The SMILES string of the molecule is Cc1ccc(CN2C(=O)C3CCCN3C2=O)c(OCC2CC2)c1. The van der Waals surface area contributed by atoms with Gasteiger partial charge in [-0.2, -0.15) is 0 Å². The summed E-state index contributed by atoms with van der Waals surface area (Å²) in [5.74, 6) is 1.43. The molecular formula is C18H22N2O3. The normalized spacial score (nSPS) is 23.6. The van der Waals surface area contributed by atoms with Crippen molar-refractivity contribution in [3.8, 4) is 5.75 Å². The quantitative estimate of drug-likeness (QED) is 0.785. The molecule has 0 N–H and O–H groups in total. The first kappa shape index (κ1) is 14.5. The highest BCUT2D eigenvalue weighted by molar-refractivity contribution is 6.04. The maximum atomic E-state index is 12.5. The molecular weight excluding hydrogens is 292 g/mol. The standard InChI is InChI=1S/C18H22N2O3/c1-12-4-7-14(16(9-12)23-11-13-5-6-13)10-20-17(21)15-3-2-8-19(15)18(20)22/h4,7,9,13,15H,2-3,5-6,8,10-11H2,1H3. The predicted octanol–water partition coefficient (Wildman–Crippen LogP) is 2.71. The van der Waals surface area contributed by atoms with Gasteiger partial charge in [0.25, 0.3) is 5.91 Å². The Hall–Kier alpha value is -2.04. The van der Waals surface area contributed by atoms with Gasteiger partial charge >= 0.3 is 6.03 Å². The van der Waals surface area contributed by atoms with Gasteiger partial charge in [0.1, 0.15) is 11.8 Å². The minimum atomic E-state index is -0.233. The number of urea groups is 1. The lowest BCUT2D eigenvalue weighted by Gasteiger charge is -2.18. The van der Waals surface area contributed by atoms with Crippen LogP contribution in [0.3, 0.4) is 0 Å². The number of carbonyl (C=O) groups is 2. The molecule has 2 aliphatic heterocycles. The zero-order valence-electron chi connectivity index (χ0n) is 13.5. The van der Waals surface area contributed by atoms with Crippen molar-refractivity contribution in [2.75, 3.05) is 13.2 Å². The van der Waals surface area contributed by atoms with Gasteiger partial charge in [-0.25, -0.2) is 4.79 Å². The number of amides is 3. The molecule has 4 rings (SSSR count). The number of rotatable bonds is 5. The Morgan fingerprint density at radius 2 is 2.04 bits per heavy atom. The highest BCUT2D eigenvalue weighted by Gasteiger charge is 2.47. The van der Waals surface area contributed by atoms with Crippen molar-refractivity contribution < 1.29 is 14.3 Å². The molecule has 0 bridgehead atoms. The van der Waals surface area contributed by atoms with Crippen LogP contribution in [0, 0.1) is 12.8 Å². The van der Waals surface area contributed by atoms with Crippen LogP contribution < -0.4 is 4.74 Å². The molecule has 2 saturated heterocycles. The second kappa shape index (κ2) is 5.55. The van der Waals surface area contributed by atoms with E-state index in [2.05, 4.69) is 0 Å². The van der Waals surface area contributed by atoms with Crippen LogP contribution in [-0.4, -0.2) is 40.9 Å². The second-order valence-corrected chi connectivity index (χ2v) is 6.92. The van der Waals surface area contributed by atoms with Crippen LogP contribution in [0.15, 0.2) is 18.2 Å². The third kappa shape index (κ3) is 2.69. The molecule has 1 aromatic carbocycles. The zero-order chi connectivity index (χ0) is 16.0. The van der Waals surface area contributed by atoms with Gasteiger partial charge in [-0.05, 0) is 50.2 Å². The van der Waals surface area contributed by atoms with Gasteiger partial charge in [0.2, 0.25) is 0 Å². The van der Waals surface area contributed by atoms with Crippen LogP contribution in [0.25, 0.3) is 0 Å². The minimum Gasteiger partial charge on any atom is -0.493 e. The van der Waals surface area contributed by atoms with Crippen molar-refractivity contribution in [1.82, 2.24) is 9.80 Å². The lowest BCUT2D eigenvalue weighted by molar-refractivity contribution is -0.128. The molecule has 23 heavy (non-hydrogen) atoms. The van der Waals surface area contributed by atoms with E-state index in [0.29, 0.717) is 19.0 Å². The van der Waals surface area contributed by atoms with E-state index in [4.69, 9.17) is 4.74 Å². The Morgan fingerprint density at radius 1 is 1.22 bits per heavy atom. The molecule has 1 atom stereocenters. The Labute approximate surface area is 136 Å². The fourth-order valence-electron chi connectivity index (χ4n) is 3.42. The van der Waals surface area contributed by atoms with Gasteiger partial charge in [-0.15, -0.1) is 0 Å². The molecule has 0 spiro atoms. The van der Waals surface area contributed by atoms with Gasteiger partial charge in [0.15, 0.2) is 0 Å². The minimum absolute atomic E-state index is 0.0544. The van der Waals surface area contributed by atoms with E-state index in [0.717, 1.165) is 36.3 Å². The van der Waals surface area contributed by atoms with Crippen LogP contribution in [0.2, 0.25) is 0 Å². The van der Waals surface area contributed by atoms with Crippen molar-refractivity contribution in [1.29, 1.82) is 0 Å². The van der Waals surface area contributed by atoms with Crippen LogP contribution in [0.1, 0.15) is 36.8 Å². The number of nitrogens with zero attached hydrogens (tertiary/aromatic N) is 2. The van der Waals surface area contributed by atoms with Crippen molar-refractivity contribution in [3.63, 3.8) is 0 Å². The van der Waals surface area contributed by atoms with Crippen molar-refractivity contribution >= 4 is 11.9 Å². The van der Waals surface area contributed by atoms with Gasteiger partial charge in [-0.3, -0.25) is 9.69 Å². The van der Waals surface area contributed by atoms with E-state index in [-0.39, 0.29) is 18.0 Å². The number of aryl methyl sites for hydroxylation is 1. The van der Waals surface area contributed by atoms with Crippen LogP contribution >= 0.6 is 0 Å². The second-order valence-electron chi connectivity index (χ2n) is 6.92. The Kier molecular flexibility index (Phi) is 3.51. The van der Waals surface area contributed by atoms with E-state index in [1.54, 1.807) is 4.90 Å². The number of benzene rings is 1. The third-order valence-corrected chi connectivity index (χ3v) is 5.00. The Morgan fingerprint density at radius 3 is 2.78 bits per heavy atom. The molecule has 5 nitrogen and oxygen atoms in total.